The van der Waals surface area contributed by atoms with E-state index in [2.05, 4.69) is 32.0 Å². The summed E-state index contributed by atoms with van der Waals surface area (Å²) in [7, 11) is 0. The molecule has 0 fully saturated rings. The third kappa shape index (κ3) is 9.34. The van der Waals surface area contributed by atoms with Gasteiger partial charge in [0.15, 0.2) is 0 Å². The normalized spacial score (nSPS) is 10.2. The van der Waals surface area contributed by atoms with Crippen molar-refractivity contribution in [1.29, 1.82) is 0 Å². The molecule has 1 aromatic rings. The predicted molar refractivity (Wildman–Crippen MR) is 91.4 cm³/mol. The average molecular weight is 300 g/mol. The molecule has 21 heavy (non-hydrogen) atoms. The molecule has 0 aromatic heterocycles. The van der Waals surface area contributed by atoms with Gasteiger partial charge in [0.2, 0.25) is 0 Å². The van der Waals surface area contributed by atoms with Gasteiger partial charge in [-0.1, -0.05) is 57.7 Å². The van der Waals surface area contributed by atoms with E-state index in [4.69, 9.17) is 5.11 Å². The summed E-state index contributed by atoms with van der Waals surface area (Å²) >= 11 is 0. The van der Waals surface area contributed by atoms with Gasteiger partial charge in [-0.2, -0.15) is 0 Å². The molecule has 0 saturated heterocycles. The summed E-state index contributed by atoms with van der Waals surface area (Å²) in [4.78, 5) is 10.9. The summed E-state index contributed by atoms with van der Waals surface area (Å²) < 4.78 is 0. The van der Waals surface area contributed by atoms with Crippen LogP contribution in [-0.4, -0.2) is 40.6 Å². The quantitative estimate of drug-likeness (QED) is 0.521. The predicted octanol–water partition coefficient (Wildman–Crippen LogP) is 4.13. The molecule has 0 radical (unpaired) electrons. The zero-order valence-corrected chi connectivity index (χ0v) is 13.0. The first kappa shape index (κ1) is 20.7. The summed E-state index contributed by atoms with van der Waals surface area (Å²) in [6.45, 7) is 4.41. The molecule has 0 saturated carbocycles. The molecule has 0 spiro atoms. The van der Waals surface area contributed by atoms with Crippen LogP contribution >= 0.6 is 0 Å². The number of carbonyl (C=O) groups is 1. The average Bonchev–Trinajstić information content (AvgIpc) is 2.38. The number of benzene rings is 1. The first-order valence-corrected chi connectivity index (χ1v) is 7.99. The first-order valence-electron chi connectivity index (χ1n) is 7.99. The summed E-state index contributed by atoms with van der Waals surface area (Å²) in [5, 5.41) is 8.98. The van der Waals surface area contributed by atoms with Gasteiger partial charge in [-0.3, -0.25) is 4.79 Å². The summed E-state index contributed by atoms with van der Waals surface area (Å²) in [6, 6.07) is 6.43. The van der Waals surface area contributed by atoms with Crippen molar-refractivity contribution in [3.05, 3.63) is 34.9 Å². The Morgan fingerprint density at radius 1 is 0.857 bits per heavy atom. The van der Waals surface area contributed by atoms with Gasteiger partial charge < -0.3 is 5.11 Å². The molecule has 114 valence electrons. The van der Waals surface area contributed by atoms with Crippen LogP contribution in [0.4, 0.5) is 0 Å². The van der Waals surface area contributed by atoms with E-state index in [9.17, 15) is 4.79 Å². The van der Waals surface area contributed by atoms with E-state index in [1.165, 1.54) is 49.7 Å². The molecule has 3 heteroatoms. The van der Waals surface area contributed by atoms with Gasteiger partial charge in [0.1, 0.15) is 0 Å². The van der Waals surface area contributed by atoms with Gasteiger partial charge in [0, 0.05) is 0 Å². The number of aryl methyl sites for hydroxylation is 2. The van der Waals surface area contributed by atoms with Crippen molar-refractivity contribution < 1.29 is 9.90 Å². The van der Waals surface area contributed by atoms with E-state index in [1.807, 2.05) is 0 Å². The Kier molecular flexibility index (Phi) is 12.1. The number of hydrogen-bond donors (Lipinski definition) is 1. The first-order chi connectivity index (χ1) is 9.65. The number of unbranched alkanes of at least 4 members (excludes halogenated alkanes) is 4. The van der Waals surface area contributed by atoms with Crippen molar-refractivity contribution in [2.75, 3.05) is 0 Å². The number of carboxylic acids is 1. The van der Waals surface area contributed by atoms with Crippen molar-refractivity contribution in [1.82, 2.24) is 0 Å². The zero-order valence-electron chi connectivity index (χ0n) is 13.0. The summed E-state index contributed by atoms with van der Waals surface area (Å²) in [5.74, 6) is -0.741. The van der Waals surface area contributed by atoms with Crippen LogP contribution in [0.3, 0.4) is 0 Å². The fourth-order valence-corrected chi connectivity index (χ4v) is 2.56. The molecule has 0 aliphatic carbocycles. The van der Waals surface area contributed by atoms with Crippen LogP contribution in [0.1, 0.15) is 69.1 Å². The van der Waals surface area contributed by atoms with Crippen LogP contribution < -0.4 is 0 Å². The fourth-order valence-electron chi connectivity index (χ4n) is 2.56. The van der Waals surface area contributed by atoms with Crippen molar-refractivity contribution in [2.45, 2.75) is 71.6 Å². The third-order valence-corrected chi connectivity index (χ3v) is 3.61. The van der Waals surface area contributed by atoms with Gasteiger partial charge in [-0.05, 0) is 42.4 Å². The van der Waals surface area contributed by atoms with Crippen molar-refractivity contribution in [3.63, 3.8) is 0 Å². The Morgan fingerprint density at radius 2 is 1.29 bits per heavy atom. The molecule has 0 aliphatic heterocycles. The van der Waals surface area contributed by atoms with Crippen LogP contribution in [0.15, 0.2) is 18.2 Å². The molecule has 0 aliphatic rings. The van der Waals surface area contributed by atoms with E-state index in [0.717, 1.165) is 18.4 Å². The minimum atomic E-state index is -0.741. The summed E-state index contributed by atoms with van der Waals surface area (Å²) in [5.41, 5.74) is 3.57. The van der Waals surface area contributed by atoms with E-state index in [0.29, 0.717) is 0 Å². The molecule has 0 bridgehead atoms. The van der Waals surface area contributed by atoms with Gasteiger partial charge in [-0.15, -0.1) is 0 Å². The second-order valence-electron chi connectivity index (χ2n) is 5.64. The molecule has 0 unspecified atom stereocenters. The van der Waals surface area contributed by atoms with Crippen molar-refractivity contribution >= 4 is 35.5 Å². The number of aliphatic carboxylic acids is 1. The molecule has 1 rings (SSSR count). The number of rotatable bonds is 10. The second-order valence-corrected chi connectivity index (χ2v) is 5.64. The number of carboxylic acid groups (broad SMARTS) is 1. The van der Waals surface area contributed by atoms with Crippen LogP contribution in [0.25, 0.3) is 0 Å². The zero-order chi connectivity index (χ0) is 14.8. The van der Waals surface area contributed by atoms with Crippen molar-refractivity contribution in [3.8, 4) is 0 Å². The Balaban J connectivity index is 0.00000400. The molecule has 0 amide bonds. The van der Waals surface area contributed by atoms with Crippen molar-refractivity contribution in [2.24, 2.45) is 0 Å². The Morgan fingerprint density at radius 3 is 1.67 bits per heavy atom. The van der Waals surface area contributed by atoms with Crippen LogP contribution in [0.2, 0.25) is 0 Å². The summed E-state index contributed by atoms with van der Waals surface area (Å²) in [6.07, 6.45) is 9.61. The maximum atomic E-state index is 10.9. The van der Waals surface area contributed by atoms with E-state index in [-0.39, 0.29) is 36.0 Å². The third-order valence-electron chi connectivity index (χ3n) is 3.61. The van der Waals surface area contributed by atoms with Crippen LogP contribution in [0, 0.1) is 0 Å². The molecule has 0 heterocycles. The topological polar surface area (TPSA) is 37.3 Å². The monoisotopic (exact) mass is 300 g/mol. The molecule has 2 nitrogen and oxygen atoms in total. The molecular formula is C18H29NaO2. The van der Waals surface area contributed by atoms with Crippen LogP contribution in [-0.2, 0) is 24.1 Å². The maximum absolute atomic E-state index is 10.9. The Labute approximate surface area is 151 Å². The second kappa shape index (κ2) is 12.3. The van der Waals surface area contributed by atoms with Gasteiger partial charge >= 0.3 is 35.5 Å². The number of hydrogen-bond acceptors (Lipinski definition) is 1. The molecular weight excluding hydrogens is 271 g/mol. The van der Waals surface area contributed by atoms with Gasteiger partial charge in [0.25, 0.3) is 0 Å². The van der Waals surface area contributed by atoms with Gasteiger partial charge in [-0.25, -0.2) is 0 Å². The molecule has 1 N–H and O–H groups in total. The van der Waals surface area contributed by atoms with E-state index in [1.54, 1.807) is 0 Å². The van der Waals surface area contributed by atoms with Crippen LogP contribution in [0.5, 0.6) is 0 Å². The SMILES string of the molecule is CCCCCc1cc(CCCCC)cc(CC(=O)O)c1.[NaH]. The van der Waals surface area contributed by atoms with E-state index >= 15 is 0 Å². The standard InChI is InChI=1S/C18H28O2.Na.H/c1-3-5-7-9-15-11-16(10-8-6-4-2)13-17(12-15)14-18(19)20;;/h11-13H,3-10,14H2,1-2H3,(H,19,20);;. The molecule has 0 atom stereocenters. The molecule has 1 aromatic carbocycles. The fraction of sp³-hybridized carbons (Fsp3) is 0.611. The van der Waals surface area contributed by atoms with Gasteiger partial charge in [0.05, 0.1) is 6.42 Å². The Hall–Kier alpha value is -0.310. The minimum absolute atomic E-state index is 0. The Bertz CT molecular complexity index is 387. The van der Waals surface area contributed by atoms with E-state index < -0.39 is 5.97 Å².